The molecule has 1 N–H and O–H groups in total. The van der Waals surface area contributed by atoms with Gasteiger partial charge in [0.25, 0.3) is 0 Å². The summed E-state index contributed by atoms with van der Waals surface area (Å²) in [5, 5.41) is 10.6. The Hall–Kier alpha value is -0.240. The maximum atomic E-state index is 10.6. The maximum Gasteiger partial charge on any atom is 0.0900 e. The predicted octanol–water partition coefficient (Wildman–Crippen LogP) is 1.77. The van der Waals surface area contributed by atoms with Crippen LogP contribution in [-0.4, -0.2) is 111 Å². The minimum Gasteiger partial charge on any atom is -0.389 e. The molecule has 4 atom stereocenters. The molecule has 6 nitrogen and oxygen atoms in total. The SMILES string of the molecule is CC1CCC(C(C)C)C(OCC(O)CN2CCN(CCN3CCOCC3)CC2)C1. The molecule has 0 aromatic carbocycles. The van der Waals surface area contributed by atoms with E-state index in [1.54, 1.807) is 0 Å². The fourth-order valence-corrected chi connectivity index (χ4v) is 5.19. The standard InChI is InChI=1S/C23H45N3O3/c1-19(2)22-5-4-20(3)16-23(22)29-18-21(27)17-26-10-8-24(9-11-26)6-7-25-12-14-28-15-13-25/h19-23,27H,4-18H2,1-3H3. The second-order valence-corrected chi connectivity index (χ2v) is 9.95. The molecule has 29 heavy (non-hydrogen) atoms. The van der Waals surface area contributed by atoms with Crippen LogP contribution in [0.4, 0.5) is 0 Å². The van der Waals surface area contributed by atoms with Gasteiger partial charge in [0.2, 0.25) is 0 Å². The second kappa shape index (κ2) is 12.0. The van der Waals surface area contributed by atoms with Crippen LogP contribution in [0.3, 0.4) is 0 Å². The van der Waals surface area contributed by atoms with Gasteiger partial charge in [-0.1, -0.05) is 27.2 Å². The average Bonchev–Trinajstić information content (AvgIpc) is 2.72. The van der Waals surface area contributed by atoms with Gasteiger partial charge in [-0.2, -0.15) is 0 Å². The van der Waals surface area contributed by atoms with Crippen LogP contribution >= 0.6 is 0 Å². The highest BCUT2D eigenvalue weighted by Crippen LogP contribution is 2.35. The Balaban J connectivity index is 1.30. The average molecular weight is 412 g/mol. The molecule has 0 spiro atoms. The molecule has 6 heteroatoms. The molecular formula is C23H45N3O3. The number of ether oxygens (including phenoxy) is 2. The van der Waals surface area contributed by atoms with Crippen molar-refractivity contribution in [3.05, 3.63) is 0 Å². The lowest BCUT2D eigenvalue weighted by atomic mass is 9.75. The van der Waals surface area contributed by atoms with E-state index in [4.69, 9.17) is 9.47 Å². The van der Waals surface area contributed by atoms with Crippen molar-refractivity contribution in [2.75, 3.05) is 78.7 Å². The van der Waals surface area contributed by atoms with Gasteiger partial charge in [0.05, 0.1) is 32.0 Å². The molecule has 1 aliphatic carbocycles. The lowest BCUT2D eigenvalue weighted by Crippen LogP contribution is -2.51. The molecule has 0 aromatic rings. The Morgan fingerprint density at radius 2 is 1.55 bits per heavy atom. The quantitative estimate of drug-likeness (QED) is 0.624. The van der Waals surface area contributed by atoms with Gasteiger partial charge < -0.3 is 14.6 Å². The normalized spacial score (nSPS) is 32.0. The van der Waals surface area contributed by atoms with Crippen molar-refractivity contribution in [3.8, 4) is 0 Å². The van der Waals surface area contributed by atoms with Gasteiger partial charge in [-0.3, -0.25) is 14.7 Å². The van der Waals surface area contributed by atoms with Gasteiger partial charge in [0.1, 0.15) is 0 Å². The Labute approximate surface area is 178 Å². The van der Waals surface area contributed by atoms with Crippen molar-refractivity contribution in [1.82, 2.24) is 14.7 Å². The molecular weight excluding hydrogens is 366 g/mol. The Bertz CT molecular complexity index is 451. The summed E-state index contributed by atoms with van der Waals surface area (Å²) in [6.45, 7) is 18.7. The van der Waals surface area contributed by atoms with Crippen molar-refractivity contribution in [2.45, 2.75) is 52.2 Å². The van der Waals surface area contributed by atoms with Crippen LogP contribution in [0.5, 0.6) is 0 Å². The van der Waals surface area contributed by atoms with Gasteiger partial charge in [0.15, 0.2) is 0 Å². The minimum atomic E-state index is -0.375. The number of β-amino-alcohol motifs (C(OH)–C–C–N with tert-alkyl or cyclic N) is 1. The largest absolute Gasteiger partial charge is 0.389 e. The lowest BCUT2D eigenvalue weighted by molar-refractivity contribution is -0.0755. The van der Waals surface area contributed by atoms with Gasteiger partial charge >= 0.3 is 0 Å². The Morgan fingerprint density at radius 3 is 2.21 bits per heavy atom. The fourth-order valence-electron chi connectivity index (χ4n) is 5.19. The number of aliphatic hydroxyl groups excluding tert-OH is 1. The number of hydrogen-bond acceptors (Lipinski definition) is 6. The second-order valence-electron chi connectivity index (χ2n) is 9.95. The molecule has 2 saturated heterocycles. The van der Waals surface area contributed by atoms with E-state index in [1.165, 1.54) is 12.8 Å². The van der Waals surface area contributed by atoms with E-state index in [2.05, 4.69) is 35.5 Å². The summed E-state index contributed by atoms with van der Waals surface area (Å²) < 4.78 is 11.7. The van der Waals surface area contributed by atoms with Crippen LogP contribution in [0.2, 0.25) is 0 Å². The molecule has 3 rings (SSSR count). The highest BCUT2D eigenvalue weighted by Gasteiger charge is 2.32. The third kappa shape index (κ3) is 7.75. The van der Waals surface area contributed by atoms with Crippen LogP contribution in [0.15, 0.2) is 0 Å². The van der Waals surface area contributed by atoms with E-state index in [-0.39, 0.29) is 6.10 Å². The number of nitrogens with zero attached hydrogens (tertiary/aromatic N) is 3. The molecule has 170 valence electrons. The molecule has 0 bridgehead atoms. The number of morpholine rings is 1. The molecule has 2 heterocycles. The predicted molar refractivity (Wildman–Crippen MR) is 117 cm³/mol. The van der Waals surface area contributed by atoms with Crippen LogP contribution in [0.1, 0.15) is 40.0 Å². The Kier molecular flexibility index (Phi) is 9.66. The highest BCUT2D eigenvalue weighted by molar-refractivity contribution is 4.82. The summed E-state index contributed by atoms with van der Waals surface area (Å²) in [6.07, 6.45) is 3.69. The van der Waals surface area contributed by atoms with Crippen molar-refractivity contribution < 1.29 is 14.6 Å². The molecule has 4 unspecified atom stereocenters. The molecule has 0 aromatic heterocycles. The first-order chi connectivity index (χ1) is 14.0. The zero-order valence-corrected chi connectivity index (χ0v) is 19.1. The first-order valence-electron chi connectivity index (χ1n) is 12.1. The molecule has 1 saturated carbocycles. The maximum absolute atomic E-state index is 10.6. The van der Waals surface area contributed by atoms with Crippen molar-refractivity contribution in [3.63, 3.8) is 0 Å². The van der Waals surface area contributed by atoms with Gasteiger partial charge in [0, 0.05) is 58.9 Å². The molecule has 3 fully saturated rings. The fraction of sp³-hybridized carbons (Fsp3) is 1.00. The zero-order chi connectivity index (χ0) is 20.6. The number of piperazine rings is 1. The molecule has 0 amide bonds. The van der Waals surface area contributed by atoms with Crippen LogP contribution in [-0.2, 0) is 9.47 Å². The van der Waals surface area contributed by atoms with Crippen LogP contribution < -0.4 is 0 Å². The highest BCUT2D eigenvalue weighted by atomic mass is 16.5. The van der Waals surface area contributed by atoms with Crippen LogP contribution in [0, 0.1) is 17.8 Å². The first kappa shape index (κ1) is 23.4. The number of aliphatic hydroxyl groups is 1. The molecule has 0 radical (unpaired) electrons. The molecule has 3 aliphatic rings. The molecule has 2 aliphatic heterocycles. The third-order valence-electron chi connectivity index (χ3n) is 7.23. The van der Waals surface area contributed by atoms with E-state index in [0.29, 0.717) is 24.5 Å². The monoisotopic (exact) mass is 411 g/mol. The van der Waals surface area contributed by atoms with Gasteiger partial charge in [-0.25, -0.2) is 0 Å². The summed E-state index contributed by atoms with van der Waals surface area (Å²) in [4.78, 5) is 7.47. The van der Waals surface area contributed by atoms with Crippen molar-refractivity contribution in [2.24, 2.45) is 17.8 Å². The summed E-state index contributed by atoms with van der Waals surface area (Å²) in [5.74, 6) is 2.06. The minimum absolute atomic E-state index is 0.324. The van der Waals surface area contributed by atoms with Gasteiger partial charge in [-0.05, 0) is 30.6 Å². The zero-order valence-electron chi connectivity index (χ0n) is 19.1. The van der Waals surface area contributed by atoms with E-state index < -0.39 is 0 Å². The van der Waals surface area contributed by atoms with Crippen LogP contribution in [0.25, 0.3) is 0 Å². The van der Waals surface area contributed by atoms with Gasteiger partial charge in [-0.15, -0.1) is 0 Å². The topological polar surface area (TPSA) is 48.4 Å². The Morgan fingerprint density at radius 1 is 0.931 bits per heavy atom. The summed E-state index contributed by atoms with van der Waals surface area (Å²) in [7, 11) is 0. The number of rotatable bonds is 9. The summed E-state index contributed by atoms with van der Waals surface area (Å²) >= 11 is 0. The number of hydrogen-bond donors (Lipinski definition) is 1. The van der Waals surface area contributed by atoms with Crippen molar-refractivity contribution >= 4 is 0 Å². The first-order valence-corrected chi connectivity index (χ1v) is 12.1. The smallest absolute Gasteiger partial charge is 0.0900 e. The third-order valence-corrected chi connectivity index (χ3v) is 7.23. The lowest BCUT2D eigenvalue weighted by Gasteiger charge is -2.39. The van der Waals surface area contributed by atoms with E-state index >= 15 is 0 Å². The summed E-state index contributed by atoms with van der Waals surface area (Å²) in [5.41, 5.74) is 0. The van der Waals surface area contributed by atoms with Crippen molar-refractivity contribution in [1.29, 1.82) is 0 Å². The summed E-state index contributed by atoms with van der Waals surface area (Å²) in [6, 6.07) is 0. The van der Waals surface area contributed by atoms with E-state index in [9.17, 15) is 5.11 Å². The van der Waals surface area contributed by atoms with E-state index in [1.807, 2.05) is 0 Å². The van der Waals surface area contributed by atoms with E-state index in [0.717, 1.165) is 84.5 Å².